The number of ether oxygens (including phenoxy) is 1. The van der Waals surface area contributed by atoms with Crippen LogP contribution in [0.25, 0.3) is 16.0 Å². The summed E-state index contributed by atoms with van der Waals surface area (Å²) in [7, 11) is 1.28. The lowest BCUT2D eigenvalue weighted by Gasteiger charge is -2.01. The summed E-state index contributed by atoms with van der Waals surface area (Å²) in [6, 6.07) is 0. The van der Waals surface area contributed by atoms with Crippen LogP contribution in [0, 0.1) is 6.92 Å². The Morgan fingerprint density at radius 1 is 1.45 bits per heavy atom. The van der Waals surface area contributed by atoms with Gasteiger partial charge in [-0.05, 0) is 17.9 Å². The molecule has 0 bridgehead atoms. The number of methoxy groups -OCH3 is 1. The number of hydrogen-bond acceptors (Lipinski definition) is 7. The zero-order valence-electron chi connectivity index (χ0n) is 10.8. The van der Waals surface area contributed by atoms with Gasteiger partial charge < -0.3 is 10.5 Å². The molecule has 7 nitrogen and oxygen atoms in total. The van der Waals surface area contributed by atoms with Crippen LogP contribution in [0.15, 0.2) is 17.9 Å². The van der Waals surface area contributed by atoms with Gasteiger partial charge in [-0.1, -0.05) is 0 Å². The minimum Gasteiger partial charge on any atom is -0.464 e. The molecule has 3 aromatic heterocycles. The first-order valence-corrected chi connectivity index (χ1v) is 6.62. The molecule has 20 heavy (non-hydrogen) atoms. The Morgan fingerprint density at radius 2 is 2.25 bits per heavy atom. The smallest absolute Gasteiger partial charge is 0.360 e. The number of thiophene rings is 1. The normalized spacial score (nSPS) is 10.9. The molecule has 0 aromatic carbocycles. The van der Waals surface area contributed by atoms with E-state index in [2.05, 4.69) is 19.8 Å². The topological polar surface area (TPSA) is 95.9 Å². The lowest BCUT2D eigenvalue weighted by molar-refractivity contribution is 0.0594. The number of carbonyl (C=O) groups is 1. The Labute approximate surface area is 118 Å². The molecule has 2 N–H and O–H groups in total. The molecule has 8 heteroatoms. The second-order valence-corrected chi connectivity index (χ2v) is 5.04. The molecule has 3 aromatic rings. The molecule has 0 aliphatic rings. The van der Waals surface area contributed by atoms with Crippen LogP contribution in [0.5, 0.6) is 0 Å². The van der Waals surface area contributed by atoms with Crippen LogP contribution in [0.4, 0.5) is 5.69 Å². The minimum absolute atomic E-state index is 0.0764. The predicted molar refractivity (Wildman–Crippen MR) is 75.0 cm³/mol. The molecule has 0 aliphatic carbocycles. The summed E-state index contributed by atoms with van der Waals surface area (Å²) in [6.07, 6.45) is 3.01. The van der Waals surface area contributed by atoms with Crippen LogP contribution in [0.2, 0.25) is 0 Å². The molecule has 0 radical (unpaired) electrons. The summed E-state index contributed by atoms with van der Waals surface area (Å²) in [5.74, 6) is 0.0175. The molecule has 3 rings (SSSR count). The Kier molecular flexibility index (Phi) is 2.87. The Balaban J connectivity index is 2.19. The summed E-state index contributed by atoms with van der Waals surface area (Å²) in [5.41, 5.74) is 8.04. The third-order valence-corrected chi connectivity index (χ3v) is 3.93. The van der Waals surface area contributed by atoms with Gasteiger partial charge in [0, 0.05) is 0 Å². The maximum absolute atomic E-state index is 11.5. The van der Waals surface area contributed by atoms with Gasteiger partial charge in [0.2, 0.25) is 0 Å². The molecular weight excluding hydrogens is 278 g/mol. The molecule has 0 spiro atoms. The molecule has 0 aliphatic heterocycles. The molecule has 102 valence electrons. The van der Waals surface area contributed by atoms with Gasteiger partial charge in [-0.3, -0.25) is 0 Å². The van der Waals surface area contributed by atoms with Gasteiger partial charge in [0.1, 0.15) is 6.33 Å². The van der Waals surface area contributed by atoms with Crippen molar-refractivity contribution in [2.24, 2.45) is 0 Å². The number of aromatic nitrogens is 4. The lowest BCUT2D eigenvalue weighted by atomic mass is 10.3. The third-order valence-electron chi connectivity index (χ3n) is 2.85. The number of rotatable bonds is 2. The maximum Gasteiger partial charge on any atom is 0.360 e. The molecule has 0 amide bonds. The van der Waals surface area contributed by atoms with Crippen LogP contribution in [0.1, 0.15) is 16.1 Å². The Hall–Kier alpha value is -2.48. The van der Waals surface area contributed by atoms with Crippen molar-refractivity contribution < 1.29 is 9.53 Å². The average Bonchev–Trinajstić information content (AvgIpc) is 3.02. The summed E-state index contributed by atoms with van der Waals surface area (Å²) in [5, 5.41) is 6.14. The predicted octanol–water partition coefficient (Wildman–Crippen LogP) is 1.55. The fraction of sp³-hybridized carbons (Fsp3) is 0.167. The fourth-order valence-electron chi connectivity index (χ4n) is 1.87. The highest BCUT2D eigenvalue weighted by atomic mass is 32.1. The van der Waals surface area contributed by atoms with Crippen molar-refractivity contribution in [3.05, 3.63) is 29.2 Å². The number of nitrogens with zero attached hydrogens (tertiary/aromatic N) is 4. The van der Waals surface area contributed by atoms with E-state index in [4.69, 9.17) is 5.73 Å². The number of anilines is 1. The fourth-order valence-corrected chi connectivity index (χ4v) is 2.85. The number of aryl methyl sites for hydroxylation is 1. The first-order chi connectivity index (χ1) is 9.61. The molecule has 0 unspecified atom stereocenters. The van der Waals surface area contributed by atoms with E-state index in [-0.39, 0.29) is 11.4 Å². The number of carbonyl (C=O) groups excluding carboxylic acids is 1. The van der Waals surface area contributed by atoms with Crippen molar-refractivity contribution in [2.45, 2.75) is 6.92 Å². The number of hydrogen-bond donors (Lipinski definition) is 1. The minimum atomic E-state index is -0.575. The second kappa shape index (κ2) is 4.57. The van der Waals surface area contributed by atoms with E-state index in [9.17, 15) is 4.79 Å². The Bertz CT molecular complexity index is 807. The second-order valence-electron chi connectivity index (χ2n) is 4.16. The zero-order chi connectivity index (χ0) is 14.3. The van der Waals surface area contributed by atoms with Crippen molar-refractivity contribution in [3.8, 4) is 5.82 Å². The van der Waals surface area contributed by atoms with Crippen LogP contribution < -0.4 is 5.73 Å². The quantitative estimate of drug-likeness (QED) is 0.719. The standard InChI is InChI=1S/C12H11N5O2S/c1-6-4-20-10-8(6)14-5-15-11(10)17-3-7(13)9(16-17)12(18)19-2/h3-5H,13H2,1-2H3. The maximum atomic E-state index is 11.5. The highest BCUT2D eigenvalue weighted by molar-refractivity contribution is 7.17. The van der Waals surface area contributed by atoms with E-state index in [0.717, 1.165) is 15.8 Å². The molecule has 0 fully saturated rings. The van der Waals surface area contributed by atoms with Crippen molar-refractivity contribution in [3.63, 3.8) is 0 Å². The third kappa shape index (κ3) is 1.81. The van der Waals surface area contributed by atoms with E-state index in [1.807, 2.05) is 12.3 Å². The number of fused-ring (bicyclic) bond motifs is 1. The largest absolute Gasteiger partial charge is 0.464 e. The first-order valence-electron chi connectivity index (χ1n) is 5.74. The highest BCUT2D eigenvalue weighted by Gasteiger charge is 2.18. The van der Waals surface area contributed by atoms with Crippen LogP contribution in [0.3, 0.4) is 0 Å². The van der Waals surface area contributed by atoms with Crippen LogP contribution in [-0.2, 0) is 4.74 Å². The average molecular weight is 289 g/mol. The summed E-state index contributed by atoms with van der Waals surface area (Å²) in [4.78, 5) is 20.0. The van der Waals surface area contributed by atoms with E-state index in [0.29, 0.717) is 5.82 Å². The van der Waals surface area contributed by atoms with Gasteiger partial charge in [0.15, 0.2) is 11.5 Å². The number of esters is 1. The number of nitrogen functional groups attached to an aromatic ring is 1. The van der Waals surface area contributed by atoms with Gasteiger partial charge in [0.25, 0.3) is 0 Å². The first kappa shape index (κ1) is 12.5. The van der Waals surface area contributed by atoms with Crippen molar-refractivity contribution in [1.82, 2.24) is 19.7 Å². The lowest BCUT2D eigenvalue weighted by Crippen LogP contribution is -2.06. The van der Waals surface area contributed by atoms with Crippen LogP contribution >= 0.6 is 11.3 Å². The SMILES string of the molecule is COC(=O)c1nn(-c2ncnc3c(C)csc23)cc1N. The van der Waals surface area contributed by atoms with Gasteiger partial charge in [-0.25, -0.2) is 19.4 Å². The highest BCUT2D eigenvalue weighted by Crippen LogP contribution is 2.28. The Morgan fingerprint density at radius 3 is 3.00 bits per heavy atom. The van der Waals surface area contributed by atoms with E-state index < -0.39 is 5.97 Å². The summed E-state index contributed by atoms with van der Waals surface area (Å²) >= 11 is 1.52. The monoisotopic (exact) mass is 289 g/mol. The summed E-state index contributed by atoms with van der Waals surface area (Å²) < 4.78 is 7.00. The van der Waals surface area contributed by atoms with Crippen molar-refractivity contribution in [2.75, 3.05) is 12.8 Å². The molecular formula is C12H11N5O2S. The van der Waals surface area contributed by atoms with Gasteiger partial charge in [0.05, 0.1) is 29.2 Å². The molecule has 0 saturated carbocycles. The molecule has 0 atom stereocenters. The van der Waals surface area contributed by atoms with E-state index in [1.165, 1.54) is 29.5 Å². The molecule has 0 saturated heterocycles. The van der Waals surface area contributed by atoms with Gasteiger partial charge in [-0.15, -0.1) is 11.3 Å². The number of nitrogens with two attached hydrogens (primary N) is 1. The van der Waals surface area contributed by atoms with E-state index >= 15 is 0 Å². The van der Waals surface area contributed by atoms with Gasteiger partial charge >= 0.3 is 5.97 Å². The molecule has 3 heterocycles. The van der Waals surface area contributed by atoms with Crippen molar-refractivity contribution in [1.29, 1.82) is 0 Å². The summed E-state index contributed by atoms with van der Waals surface area (Å²) in [6.45, 7) is 1.98. The van der Waals surface area contributed by atoms with Crippen molar-refractivity contribution >= 4 is 33.2 Å². The zero-order valence-corrected chi connectivity index (χ0v) is 11.6. The van der Waals surface area contributed by atoms with Crippen LogP contribution in [-0.4, -0.2) is 32.8 Å². The van der Waals surface area contributed by atoms with E-state index in [1.54, 1.807) is 6.20 Å². The van der Waals surface area contributed by atoms with Gasteiger partial charge in [-0.2, -0.15) is 5.10 Å².